The lowest BCUT2D eigenvalue weighted by Crippen LogP contribution is -2.37. The second-order valence-electron chi connectivity index (χ2n) is 10.9. The number of fused-ring (bicyclic) bond motifs is 4. The maximum atomic E-state index is 13.4. The molecule has 10 nitrogen and oxygen atoms in total. The first-order chi connectivity index (χ1) is 17.2. The molecule has 2 aliphatic rings. The summed E-state index contributed by atoms with van der Waals surface area (Å²) in [5, 5.41) is 13.1. The number of aromatic nitrogens is 5. The smallest absolute Gasteiger partial charge is 0.261 e. The van der Waals surface area contributed by atoms with Crippen LogP contribution in [0.15, 0.2) is 36.9 Å². The molecular weight excluding hydrogens is 458 g/mol. The van der Waals surface area contributed by atoms with Gasteiger partial charge in [0.1, 0.15) is 11.3 Å². The van der Waals surface area contributed by atoms with Crippen LogP contribution in [-0.4, -0.2) is 61.7 Å². The van der Waals surface area contributed by atoms with Crippen LogP contribution >= 0.6 is 0 Å². The third kappa shape index (κ3) is 3.95. The van der Waals surface area contributed by atoms with Gasteiger partial charge in [-0.25, -0.2) is 9.50 Å². The molecule has 1 N–H and O–H groups in total. The molecule has 1 amide bonds. The van der Waals surface area contributed by atoms with Gasteiger partial charge in [-0.2, -0.15) is 10.2 Å². The summed E-state index contributed by atoms with van der Waals surface area (Å²) in [6.45, 7) is 11.8. The topological polar surface area (TPSA) is 98.8 Å². The van der Waals surface area contributed by atoms with Gasteiger partial charge in [-0.05, 0) is 47.1 Å². The second-order valence-corrected chi connectivity index (χ2v) is 10.9. The van der Waals surface area contributed by atoms with Crippen LogP contribution in [0.25, 0.3) is 16.6 Å². The summed E-state index contributed by atoms with van der Waals surface area (Å²) in [6.07, 6.45) is 8.56. The number of hydrogen-bond acceptors (Lipinski definition) is 7. The monoisotopic (exact) mass is 489 g/mol. The molecule has 2 bridgehead atoms. The van der Waals surface area contributed by atoms with Gasteiger partial charge >= 0.3 is 0 Å². The quantitative estimate of drug-likeness (QED) is 0.455. The minimum Gasteiger partial charge on any atom is -0.489 e. The second kappa shape index (κ2) is 8.19. The highest BCUT2D eigenvalue weighted by molar-refractivity contribution is 6.09. The number of amides is 1. The van der Waals surface area contributed by atoms with Crippen LogP contribution in [0.4, 0.5) is 11.4 Å². The van der Waals surface area contributed by atoms with E-state index in [1.54, 1.807) is 10.7 Å². The van der Waals surface area contributed by atoms with Crippen LogP contribution in [0, 0.1) is 0 Å². The number of rotatable bonds is 5. The van der Waals surface area contributed by atoms with E-state index < -0.39 is 0 Å². The molecule has 6 rings (SSSR count). The van der Waals surface area contributed by atoms with Crippen molar-refractivity contribution >= 4 is 33.8 Å². The van der Waals surface area contributed by atoms with Crippen molar-refractivity contribution in [2.75, 3.05) is 23.4 Å². The number of nitrogens with one attached hydrogen (secondary N) is 1. The zero-order chi connectivity index (χ0) is 25.2. The standard InChI is InChI=1S/C26H31N7O3/c1-15(2)36-23-8-21-16(11-33(30-21)26(3,4)5)6-22(23)29-25(34)20-10-28-32-12-18(9-27-24(20)32)31-13-19-7-17(31)14-35-19/h6,8-12,15,17,19H,7,13-14H2,1-5H3,(H,29,34)/t17-,19-/m1/s1. The van der Waals surface area contributed by atoms with E-state index >= 15 is 0 Å². The summed E-state index contributed by atoms with van der Waals surface area (Å²) in [7, 11) is 0. The third-order valence-electron chi connectivity index (χ3n) is 6.72. The molecule has 10 heteroatoms. The first kappa shape index (κ1) is 22.8. The normalized spacial score (nSPS) is 19.7. The van der Waals surface area contributed by atoms with Gasteiger partial charge in [-0.3, -0.25) is 9.48 Å². The predicted molar refractivity (Wildman–Crippen MR) is 137 cm³/mol. The molecule has 0 unspecified atom stereocenters. The fraction of sp³-hybridized carbons (Fsp3) is 0.462. The molecule has 0 saturated carbocycles. The molecule has 1 aromatic carbocycles. The van der Waals surface area contributed by atoms with Crippen molar-refractivity contribution in [2.24, 2.45) is 0 Å². The Kier molecular flexibility index (Phi) is 5.18. The highest BCUT2D eigenvalue weighted by Crippen LogP contribution is 2.34. The number of anilines is 2. The highest BCUT2D eigenvalue weighted by Gasteiger charge is 2.39. The van der Waals surface area contributed by atoms with E-state index in [1.165, 1.54) is 0 Å². The van der Waals surface area contributed by atoms with Crippen LogP contribution in [-0.2, 0) is 10.3 Å². The molecule has 36 heavy (non-hydrogen) atoms. The van der Waals surface area contributed by atoms with E-state index in [1.807, 2.05) is 49.3 Å². The average Bonchev–Trinajstić information content (AvgIpc) is 3.60. The van der Waals surface area contributed by atoms with Gasteiger partial charge in [0, 0.05) is 24.2 Å². The zero-order valence-corrected chi connectivity index (χ0v) is 21.2. The van der Waals surface area contributed by atoms with Crippen LogP contribution in [0.2, 0.25) is 0 Å². The van der Waals surface area contributed by atoms with Gasteiger partial charge in [0.05, 0.1) is 65.9 Å². The van der Waals surface area contributed by atoms with Crippen molar-refractivity contribution in [3.05, 3.63) is 42.5 Å². The van der Waals surface area contributed by atoms with Crippen molar-refractivity contribution in [3.63, 3.8) is 0 Å². The Morgan fingerprint density at radius 3 is 2.75 bits per heavy atom. The molecule has 3 aromatic heterocycles. The summed E-state index contributed by atoms with van der Waals surface area (Å²) in [5.74, 6) is 0.276. The number of ether oxygens (including phenoxy) is 2. The molecule has 0 spiro atoms. The number of carbonyl (C=O) groups is 1. The maximum absolute atomic E-state index is 13.4. The third-order valence-corrected chi connectivity index (χ3v) is 6.72. The van der Waals surface area contributed by atoms with E-state index in [4.69, 9.17) is 14.6 Å². The summed E-state index contributed by atoms with van der Waals surface area (Å²) >= 11 is 0. The molecule has 5 heterocycles. The fourth-order valence-electron chi connectivity index (χ4n) is 4.92. The van der Waals surface area contributed by atoms with E-state index in [9.17, 15) is 4.79 Å². The molecule has 2 saturated heterocycles. The summed E-state index contributed by atoms with van der Waals surface area (Å²) in [6, 6.07) is 4.16. The highest BCUT2D eigenvalue weighted by atomic mass is 16.5. The van der Waals surface area contributed by atoms with Crippen molar-refractivity contribution in [1.82, 2.24) is 24.4 Å². The largest absolute Gasteiger partial charge is 0.489 e. The molecule has 4 aromatic rings. The predicted octanol–water partition coefficient (Wildman–Crippen LogP) is 3.85. The molecule has 2 atom stereocenters. The Morgan fingerprint density at radius 2 is 2.06 bits per heavy atom. The molecule has 188 valence electrons. The Balaban J connectivity index is 1.30. The first-order valence-corrected chi connectivity index (χ1v) is 12.4. The Hall–Kier alpha value is -3.66. The van der Waals surface area contributed by atoms with Gasteiger partial charge in [-0.1, -0.05) is 0 Å². The van der Waals surface area contributed by atoms with Crippen LogP contribution in [0.5, 0.6) is 5.75 Å². The van der Waals surface area contributed by atoms with Crippen molar-refractivity contribution in [1.29, 1.82) is 0 Å². The Morgan fingerprint density at radius 1 is 1.22 bits per heavy atom. The minimum atomic E-state index is -0.296. The Labute approximate surface area is 209 Å². The maximum Gasteiger partial charge on any atom is 0.261 e. The lowest BCUT2D eigenvalue weighted by molar-refractivity contribution is 0.0991. The van der Waals surface area contributed by atoms with Gasteiger partial charge < -0.3 is 19.7 Å². The van der Waals surface area contributed by atoms with Gasteiger partial charge in [0.15, 0.2) is 5.65 Å². The van der Waals surface area contributed by atoms with Crippen LogP contribution < -0.4 is 15.0 Å². The van der Waals surface area contributed by atoms with Crippen molar-refractivity contribution in [2.45, 2.75) is 64.8 Å². The van der Waals surface area contributed by atoms with Gasteiger partial charge in [-0.15, -0.1) is 0 Å². The summed E-state index contributed by atoms with van der Waals surface area (Å²) < 4.78 is 15.3. The fourth-order valence-corrected chi connectivity index (χ4v) is 4.92. The number of carbonyl (C=O) groups excluding carboxylic acids is 1. The van der Waals surface area contributed by atoms with E-state index in [0.29, 0.717) is 34.8 Å². The molecule has 2 fully saturated rings. The molecule has 2 aliphatic heterocycles. The van der Waals surface area contributed by atoms with Crippen molar-refractivity contribution in [3.8, 4) is 5.75 Å². The van der Waals surface area contributed by atoms with E-state index in [2.05, 4.69) is 41.1 Å². The lowest BCUT2D eigenvalue weighted by atomic mass is 10.1. The van der Waals surface area contributed by atoms with Gasteiger partial charge in [0.2, 0.25) is 0 Å². The SMILES string of the molecule is CC(C)Oc1cc2nn(C(C)(C)C)cc2cc1NC(=O)c1cnn2cc(N3C[C@H]4C[C@@H]3CO4)cnc12. The number of morpholine rings is 1. The minimum absolute atomic E-state index is 0.0638. The molecule has 0 radical (unpaired) electrons. The molecular formula is C26H31N7O3. The van der Waals surface area contributed by atoms with Gasteiger partial charge in [0.25, 0.3) is 5.91 Å². The molecule has 0 aliphatic carbocycles. The zero-order valence-electron chi connectivity index (χ0n) is 21.2. The van der Waals surface area contributed by atoms with Crippen LogP contribution in [0.3, 0.4) is 0 Å². The lowest BCUT2D eigenvalue weighted by Gasteiger charge is -2.28. The number of nitrogens with zero attached hydrogens (tertiary/aromatic N) is 6. The first-order valence-electron chi connectivity index (χ1n) is 12.4. The summed E-state index contributed by atoms with van der Waals surface area (Å²) in [5.41, 5.74) is 3.12. The van der Waals surface area contributed by atoms with Crippen molar-refractivity contribution < 1.29 is 14.3 Å². The van der Waals surface area contributed by atoms with Crippen LogP contribution in [0.1, 0.15) is 51.4 Å². The van der Waals surface area contributed by atoms with E-state index in [-0.39, 0.29) is 17.6 Å². The summed E-state index contributed by atoms with van der Waals surface area (Å²) in [4.78, 5) is 20.3. The number of benzene rings is 1. The number of hydrogen-bond donors (Lipinski definition) is 1. The van der Waals surface area contributed by atoms with E-state index in [0.717, 1.165) is 36.2 Å². The Bertz CT molecular complexity index is 1470. The average molecular weight is 490 g/mol.